The second kappa shape index (κ2) is 10.5. The summed E-state index contributed by atoms with van der Waals surface area (Å²) in [6.45, 7) is -1.68. The highest BCUT2D eigenvalue weighted by Gasteiger charge is 2.47. The molecule has 9 nitrogen and oxygen atoms in total. The molecule has 2 aromatic carbocycles. The molecule has 0 saturated carbocycles. The number of fused-ring (bicyclic) bond motifs is 3. The summed E-state index contributed by atoms with van der Waals surface area (Å²) in [5.74, 6) is -4.16. The highest BCUT2D eigenvalue weighted by Crippen LogP contribution is 2.44. The zero-order valence-electron chi connectivity index (χ0n) is 19.5. The fourth-order valence-electron chi connectivity index (χ4n) is 4.69. The molecule has 1 aliphatic heterocycles. The molecule has 4 rings (SSSR count). The average Bonchev–Trinajstić information content (AvgIpc) is 3.35. The van der Waals surface area contributed by atoms with E-state index in [1.165, 1.54) is 0 Å². The maximum Gasteiger partial charge on any atom is 0.407 e. The van der Waals surface area contributed by atoms with Crippen molar-refractivity contribution in [2.75, 3.05) is 33.5 Å². The van der Waals surface area contributed by atoms with Crippen molar-refractivity contribution in [1.29, 1.82) is 0 Å². The van der Waals surface area contributed by atoms with Crippen LogP contribution in [0.3, 0.4) is 0 Å². The third-order valence-corrected chi connectivity index (χ3v) is 6.34. The number of likely N-dealkylation sites (tertiary alicyclic amines) is 1. The first kappa shape index (κ1) is 25.4. The van der Waals surface area contributed by atoms with Gasteiger partial charge in [-0.3, -0.25) is 4.90 Å². The molecule has 1 heterocycles. The summed E-state index contributed by atoms with van der Waals surface area (Å²) in [4.78, 5) is 36.5. The van der Waals surface area contributed by atoms with E-state index in [9.17, 15) is 23.2 Å². The van der Waals surface area contributed by atoms with Gasteiger partial charge in [0.2, 0.25) is 0 Å². The van der Waals surface area contributed by atoms with Crippen molar-refractivity contribution >= 4 is 18.2 Å². The van der Waals surface area contributed by atoms with Crippen LogP contribution in [0, 0.1) is 0 Å². The van der Waals surface area contributed by atoms with Crippen molar-refractivity contribution in [1.82, 2.24) is 10.2 Å². The van der Waals surface area contributed by atoms with Crippen LogP contribution in [0.2, 0.25) is 0 Å². The average molecular weight is 504 g/mol. The van der Waals surface area contributed by atoms with Crippen molar-refractivity contribution in [3.05, 3.63) is 59.7 Å². The smallest absolute Gasteiger partial charge is 0.407 e. The van der Waals surface area contributed by atoms with Crippen LogP contribution in [0.1, 0.15) is 23.5 Å². The van der Waals surface area contributed by atoms with Gasteiger partial charge in [0.25, 0.3) is 5.92 Å². The number of carbonyl (C=O) groups is 3. The molecule has 2 aliphatic rings. The van der Waals surface area contributed by atoms with E-state index in [4.69, 9.17) is 14.6 Å². The number of ether oxygens (including phenoxy) is 3. The number of carboxylic acid groups (broad SMARTS) is 1. The molecule has 2 amide bonds. The van der Waals surface area contributed by atoms with Crippen LogP contribution in [0.15, 0.2) is 48.5 Å². The highest BCUT2D eigenvalue weighted by molar-refractivity contribution is 5.82. The Morgan fingerprint density at radius 2 is 1.69 bits per heavy atom. The van der Waals surface area contributed by atoms with Gasteiger partial charge in [-0.2, -0.15) is 0 Å². The SMILES string of the molecule is COC(=O)C(COCC1CC(F)(F)CN1C(=O)O)NC(=O)OCC1c2ccccc2-c2ccccc21. The molecule has 0 aromatic heterocycles. The molecule has 1 saturated heterocycles. The van der Waals surface area contributed by atoms with Crippen LogP contribution in [0.25, 0.3) is 11.1 Å². The number of rotatable bonds is 8. The molecule has 0 bridgehead atoms. The van der Waals surface area contributed by atoms with Crippen molar-refractivity contribution in [3.63, 3.8) is 0 Å². The molecule has 2 N–H and O–H groups in total. The first-order valence-electron chi connectivity index (χ1n) is 11.3. The van der Waals surface area contributed by atoms with E-state index in [-0.39, 0.29) is 19.1 Å². The van der Waals surface area contributed by atoms with Gasteiger partial charge in [0.15, 0.2) is 6.04 Å². The Morgan fingerprint density at radius 3 is 2.28 bits per heavy atom. The second-order valence-electron chi connectivity index (χ2n) is 8.71. The molecular weight excluding hydrogens is 478 g/mol. The lowest BCUT2D eigenvalue weighted by Gasteiger charge is -2.22. The summed E-state index contributed by atoms with van der Waals surface area (Å²) >= 11 is 0. The minimum atomic E-state index is -3.16. The van der Waals surface area contributed by atoms with Gasteiger partial charge in [0, 0.05) is 12.3 Å². The van der Waals surface area contributed by atoms with E-state index < -0.39 is 55.7 Å². The van der Waals surface area contributed by atoms with Gasteiger partial charge in [-0.05, 0) is 22.3 Å². The highest BCUT2D eigenvalue weighted by atomic mass is 19.3. The van der Waals surface area contributed by atoms with E-state index in [0.29, 0.717) is 4.90 Å². The van der Waals surface area contributed by atoms with Crippen LogP contribution >= 0.6 is 0 Å². The van der Waals surface area contributed by atoms with Gasteiger partial charge in [-0.15, -0.1) is 0 Å². The first-order valence-corrected chi connectivity index (χ1v) is 11.3. The molecular formula is C25H26F2N2O7. The molecule has 2 unspecified atom stereocenters. The van der Waals surface area contributed by atoms with Crippen LogP contribution in [-0.2, 0) is 19.0 Å². The summed E-state index contributed by atoms with van der Waals surface area (Å²) in [5, 5.41) is 11.5. The summed E-state index contributed by atoms with van der Waals surface area (Å²) in [5.41, 5.74) is 4.18. The predicted molar refractivity (Wildman–Crippen MR) is 123 cm³/mol. The lowest BCUT2D eigenvalue weighted by atomic mass is 9.98. The summed E-state index contributed by atoms with van der Waals surface area (Å²) < 4.78 is 42.7. The Labute approximate surface area is 205 Å². The van der Waals surface area contributed by atoms with Gasteiger partial charge in [0.05, 0.1) is 32.9 Å². The van der Waals surface area contributed by atoms with Crippen molar-refractivity contribution in [2.45, 2.75) is 30.3 Å². The Morgan fingerprint density at radius 1 is 1.08 bits per heavy atom. The van der Waals surface area contributed by atoms with Crippen molar-refractivity contribution < 1.29 is 42.5 Å². The number of alkyl carbamates (subject to hydrolysis) is 1. The molecule has 2 atom stereocenters. The number of hydrogen-bond acceptors (Lipinski definition) is 6. The number of nitrogens with one attached hydrogen (secondary N) is 1. The fourth-order valence-corrected chi connectivity index (χ4v) is 4.69. The minimum Gasteiger partial charge on any atom is -0.467 e. The fraction of sp³-hybridized carbons (Fsp3) is 0.400. The quantitative estimate of drug-likeness (QED) is 0.529. The normalized spacial score (nSPS) is 18.8. The Hall–Kier alpha value is -3.73. The monoisotopic (exact) mass is 504 g/mol. The third kappa shape index (κ3) is 5.40. The number of halogens is 2. The van der Waals surface area contributed by atoms with Gasteiger partial charge < -0.3 is 24.6 Å². The van der Waals surface area contributed by atoms with E-state index >= 15 is 0 Å². The number of carbonyl (C=O) groups excluding carboxylic acids is 2. The molecule has 1 aliphatic carbocycles. The molecule has 0 spiro atoms. The van der Waals surface area contributed by atoms with Crippen LogP contribution in [0.4, 0.5) is 18.4 Å². The Balaban J connectivity index is 1.34. The van der Waals surface area contributed by atoms with Crippen molar-refractivity contribution in [2.24, 2.45) is 0 Å². The van der Waals surface area contributed by atoms with E-state index in [2.05, 4.69) is 10.1 Å². The summed E-state index contributed by atoms with van der Waals surface area (Å²) in [6, 6.07) is 13.3. The van der Waals surface area contributed by atoms with Crippen LogP contribution in [-0.4, -0.2) is 79.6 Å². The number of hydrogen-bond donors (Lipinski definition) is 2. The zero-order chi connectivity index (χ0) is 25.9. The Bertz CT molecular complexity index is 1100. The standard InChI is InChI=1S/C25H26F2N2O7/c1-34-22(30)21(13-35-11-15-10-25(26,27)14-29(15)24(32)33)28-23(31)36-12-20-18-8-4-2-6-16(18)17-7-3-5-9-19(17)20/h2-9,15,20-21H,10-14H2,1H3,(H,28,31)(H,32,33). The molecule has 0 radical (unpaired) electrons. The number of methoxy groups -OCH3 is 1. The number of amides is 2. The van der Waals surface area contributed by atoms with Crippen molar-refractivity contribution in [3.8, 4) is 11.1 Å². The van der Waals surface area contributed by atoms with Gasteiger partial charge in [0.1, 0.15) is 6.61 Å². The molecule has 1 fully saturated rings. The number of nitrogens with zero attached hydrogens (tertiary/aromatic N) is 1. The first-order chi connectivity index (χ1) is 17.2. The summed E-state index contributed by atoms with van der Waals surface area (Å²) in [6.07, 6.45) is -3.06. The second-order valence-corrected chi connectivity index (χ2v) is 8.71. The summed E-state index contributed by atoms with van der Waals surface area (Å²) in [7, 11) is 1.12. The van der Waals surface area contributed by atoms with Gasteiger partial charge in [-0.1, -0.05) is 48.5 Å². The van der Waals surface area contributed by atoms with Gasteiger partial charge in [-0.25, -0.2) is 23.2 Å². The molecule has 36 heavy (non-hydrogen) atoms. The van der Waals surface area contributed by atoms with Crippen LogP contribution in [0.5, 0.6) is 0 Å². The third-order valence-electron chi connectivity index (χ3n) is 6.34. The largest absolute Gasteiger partial charge is 0.467 e. The predicted octanol–water partition coefficient (Wildman–Crippen LogP) is 3.47. The van der Waals surface area contributed by atoms with Crippen LogP contribution < -0.4 is 5.32 Å². The maximum absolute atomic E-state index is 13.6. The van der Waals surface area contributed by atoms with E-state index in [1.807, 2.05) is 48.5 Å². The maximum atomic E-state index is 13.6. The number of alkyl halides is 2. The van der Waals surface area contributed by atoms with Gasteiger partial charge >= 0.3 is 18.2 Å². The van der Waals surface area contributed by atoms with E-state index in [1.54, 1.807) is 0 Å². The lowest BCUT2D eigenvalue weighted by Crippen LogP contribution is -2.46. The molecule has 2 aromatic rings. The molecule has 11 heteroatoms. The topological polar surface area (TPSA) is 114 Å². The minimum absolute atomic E-state index is 0.0271. The lowest BCUT2D eigenvalue weighted by molar-refractivity contribution is -0.144. The Kier molecular flexibility index (Phi) is 7.39. The zero-order valence-corrected chi connectivity index (χ0v) is 19.5. The number of benzene rings is 2. The molecule has 192 valence electrons. The number of esters is 1. The van der Waals surface area contributed by atoms with E-state index in [0.717, 1.165) is 29.4 Å².